The summed E-state index contributed by atoms with van der Waals surface area (Å²) < 4.78 is 0. The van der Waals surface area contributed by atoms with Crippen molar-refractivity contribution in [1.82, 2.24) is 0 Å². The van der Waals surface area contributed by atoms with Crippen LogP contribution in [0.5, 0.6) is 0 Å². The van der Waals surface area contributed by atoms with Crippen molar-refractivity contribution in [2.75, 3.05) is 0 Å². The van der Waals surface area contributed by atoms with Gasteiger partial charge in [0.25, 0.3) is 0 Å². The minimum Gasteiger partial charge on any atom is -0.299 e. The standard InChI is InChI=1S/C11H16O/c1-3-9-5-7-10(8-6-9)11(12)4-2/h5-10H,3-4H2,1-2H3. The summed E-state index contributed by atoms with van der Waals surface area (Å²) in [5.74, 6) is 0.917. The van der Waals surface area contributed by atoms with Crippen molar-refractivity contribution in [2.45, 2.75) is 26.7 Å². The fraction of sp³-hybridized carbons (Fsp3) is 0.545. The fourth-order valence-electron chi connectivity index (χ4n) is 1.38. The predicted octanol–water partition coefficient (Wildman–Crippen LogP) is 2.73. The molecule has 0 unspecified atom stereocenters. The summed E-state index contributed by atoms with van der Waals surface area (Å²) in [5.41, 5.74) is 0. The third-order valence-electron chi connectivity index (χ3n) is 2.32. The summed E-state index contributed by atoms with van der Waals surface area (Å²) in [7, 11) is 0. The van der Waals surface area contributed by atoms with Crippen LogP contribution in [0, 0.1) is 11.8 Å². The minimum atomic E-state index is 0.0535. The molecule has 0 N–H and O–H groups in total. The van der Waals surface area contributed by atoms with E-state index >= 15 is 0 Å². The Labute approximate surface area is 74.2 Å². The zero-order chi connectivity index (χ0) is 8.97. The molecule has 0 saturated heterocycles. The fourth-order valence-corrected chi connectivity index (χ4v) is 1.38. The van der Waals surface area contributed by atoms with Gasteiger partial charge in [0, 0.05) is 6.42 Å². The molecule has 0 atom stereocenters. The number of Topliss-reactive ketones (excluding diaryl/α,β-unsaturated/α-hetero) is 1. The van der Waals surface area contributed by atoms with Gasteiger partial charge in [-0.3, -0.25) is 4.79 Å². The molecule has 0 amide bonds. The molecule has 12 heavy (non-hydrogen) atoms. The smallest absolute Gasteiger partial charge is 0.143 e. The summed E-state index contributed by atoms with van der Waals surface area (Å²) in [6.07, 6.45) is 10.1. The van der Waals surface area contributed by atoms with E-state index in [9.17, 15) is 4.79 Å². The monoisotopic (exact) mass is 164 g/mol. The van der Waals surface area contributed by atoms with E-state index in [1.165, 1.54) is 0 Å². The normalized spacial score (nSPS) is 27.5. The van der Waals surface area contributed by atoms with Crippen LogP contribution in [0.1, 0.15) is 26.7 Å². The maximum Gasteiger partial charge on any atom is 0.143 e. The van der Waals surface area contributed by atoms with Crippen molar-refractivity contribution in [3.05, 3.63) is 24.3 Å². The molecule has 1 aliphatic rings. The minimum absolute atomic E-state index is 0.0535. The van der Waals surface area contributed by atoms with Gasteiger partial charge >= 0.3 is 0 Å². The molecule has 0 aromatic rings. The molecule has 0 spiro atoms. The number of ketones is 1. The van der Waals surface area contributed by atoms with Crippen LogP contribution in [-0.4, -0.2) is 5.78 Å². The Morgan fingerprint density at radius 2 is 1.75 bits per heavy atom. The van der Waals surface area contributed by atoms with Gasteiger partial charge < -0.3 is 0 Å². The first-order valence-corrected chi connectivity index (χ1v) is 4.67. The molecular formula is C11H16O. The molecule has 66 valence electrons. The lowest BCUT2D eigenvalue weighted by molar-refractivity contribution is -0.120. The number of hydrogen-bond acceptors (Lipinski definition) is 1. The Bertz CT molecular complexity index is 199. The molecule has 0 radical (unpaired) electrons. The zero-order valence-electron chi connectivity index (χ0n) is 7.79. The van der Waals surface area contributed by atoms with E-state index in [2.05, 4.69) is 19.1 Å². The molecule has 0 fully saturated rings. The van der Waals surface area contributed by atoms with Crippen LogP contribution in [0.4, 0.5) is 0 Å². The molecule has 1 rings (SSSR count). The Morgan fingerprint density at radius 1 is 1.17 bits per heavy atom. The lowest BCUT2D eigenvalue weighted by atomic mass is 9.91. The highest BCUT2D eigenvalue weighted by atomic mass is 16.1. The second kappa shape index (κ2) is 4.24. The van der Waals surface area contributed by atoms with Crippen molar-refractivity contribution >= 4 is 5.78 Å². The SMILES string of the molecule is CCC(=O)C1C=CC(CC)C=C1. The number of rotatable bonds is 3. The van der Waals surface area contributed by atoms with E-state index in [-0.39, 0.29) is 5.92 Å². The van der Waals surface area contributed by atoms with Crippen LogP contribution in [0.2, 0.25) is 0 Å². The quantitative estimate of drug-likeness (QED) is 0.586. The average molecular weight is 164 g/mol. The lowest BCUT2D eigenvalue weighted by Gasteiger charge is -2.13. The summed E-state index contributed by atoms with van der Waals surface area (Å²) in [4.78, 5) is 11.3. The van der Waals surface area contributed by atoms with Gasteiger partial charge in [-0.1, -0.05) is 38.2 Å². The molecule has 1 nitrogen and oxygen atoms in total. The first kappa shape index (κ1) is 9.24. The summed E-state index contributed by atoms with van der Waals surface area (Å²) in [6.45, 7) is 4.07. The molecule has 0 heterocycles. The molecule has 1 aliphatic carbocycles. The van der Waals surface area contributed by atoms with Crippen LogP contribution in [0.15, 0.2) is 24.3 Å². The molecule has 1 heteroatoms. The first-order valence-electron chi connectivity index (χ1n) is 4.67. The average Bonchev–Trinajstić information content (AvgIpc) is 2.17. The largest absolute Gasteiger partial charge is 0.299 e. The van der Waals surface area contributed by atoms with Crippen LogP contribution in [0.3, 0.4) is 0 Å². The zero-order valence-corrected chi connectivity index (χ0v) is 7.79. The van der Waals surface area contributed by atoms with E-state index in [1.54, 1.807) is 0 Å². The molecule has 0 aromatic heterocycles. The second-order valence-corrected chi connectivity index (χ2v) is 3.19. The molecule has 0 aliphatic heterocycles. The van der Waals surface area contributed by atoms with E-state index in [4.69, 9.17) is 0 Å². The Kier molecular flexibility index (Phi) is 3.27. The molecule has 0 saturated carbocycles. The third-order valence-corrected chi connectivity index (χ3v) is 2.32. The Morgan fingerprint density at radius 3 is 2.17 bits per heavy atom. The van der Waals surface area contributed by atoms with Crippen molar-refractivity contribution in [3.63, 3.8) is 0 Å². The second-order valence-electron chi connectivity index (χ2n) is 3.19. The number of allylic oxidation sites excluding steroid dienone is 4. The van der Waals surface area contributed by atoms with Crippen LogP contribution in [0.25, 0.3) is 0 Å². The van der Waals surface area contributed by atoms with E-state index in [0.29, 0.717) is 18.1 Å². The highest BCUT2D eigenvalue weighted by molar-refractivity contribution is 5.84. The van der Waals surface area contributed by atoms with Gasteiger partial charge in [-0.05, 0) is 12.3 Å². The van der Waals surface area contributed by atoms with Gasteiger partial charge in [0.05, 0.1) is 5.92 Å². The van der Waals surface area contributed by atoms with Crippen molar-refractivity contribution in [2.24, 2.45) is 11.8 Å². The van der Waals surface area contributed by atoms with Crippen LogP contribution < -0.4 is 0 Å². The number of carbonyl (C=O) groups is 1. The maximum atomic E-state index is 11.3. The lowest BCUT2D eigenvalue weighted by Crippen LogP contribution is -2.11. The number of carbonyl (C=O) groups excluding carboxylic acids is 1. The van der Waals surface area contributed by atoms with Gasteiger partial charge in [0.15, 0.2) is 0 Å². The first-order chi connectivity index (χ1) is 5.77. The molecule has 0 bridgehead atoms. The topological polar surface area (TPSA) is 17.1 Å². The summed E-state index contributed by atoms with van der Waals surface area (Å²) >= 11 is 0. The molecular weight excluding hydrogens is 148 g/mol. The third kappa shape index (κ3) is 2.07. The van der Waals surface area contributed by atoms with Crippen LogP contribution in [-0.2, 0) is 4.79 Å². The summed E-state index contributed by atoms with van der Waals surface area (Å²) in [6, 6.07) is 0. The van der Waals surface area contributed by atoms with E-state index in [0.717, 1.165) is 6.42 Å². The number of hydrogen-bond donors (Lipinski definition) is 0. The Balaban J connectivity index is 2.54. The van der Waals surface area contributed by atoms with E-state index < -0.39 is 0 Å². The summed E-state index contributed by atoms with van der Waals surface area (Å²) in [5, 5.41) is 0. The van der Waals surface area contributed by atoms with Crippen molar-refractivity contribution in [3.8, 4) is 0 Å². The van der Waals surface area contributed by atoms with Gasteiger partial charge in [-0.15, -0.1) is 0 Å². The van der Waals surface area contributed by atoms with Crippen molar-refractivity contribution < 1.29 is 4.79 Å². The van der Waals surface area contributed by atoms with Gasteiger partial charge in [-0.2, -0.15) is 0 Å². The predicted molar refractivity (Wildman–Crippen MR) is 50.8 cm³/mol. The maximum absolute atomic E-state index is 11.3. The van der Waals surface area contributed by atoms with Crippen LogP contribution >= 0.6 is 0 Å². The highest BCUT2D eigenvalue weighted by Crippen LogP contribution is 2.18. The van der Waals surface area contributed by atoms with E-state index in [1.807, 2.05) is 19.1 Å². The highest BCUT2D eigenvalue weighted by Gasteiger charge is 2.13. The Hall–Kier alpha value is -0.850. The van der Waals surface area contributed by atoms with Gasteiger partial charge in [-0.25, -0.2) is 0 Å². The molecule has 0 aromatic carbocycles. The van der Waals surface area contributed by atoms with Gasteiger partial charge in [0.1, 0.15) is 5.78 Å². The van der Waals surface area contributed by atoms with Crippen molar-refractivity contribution in [1.29, 1.82) is 0 Å². The van der Waals surface area contributed by atoms with Gasteiger partial charge in [0.2, 0.25) is 0 Å².